The highest BCUT2D eigenvalue weighted by Gasteiger charge is 2.24. The first-order chi connectivity index (χ1) is 10.5. The molecule has 1 aliphatic heterocycles. The summed E-state index contributed by atoms with van der Waals surface area (Å²) in [6, 6.07) is 7.98. The van der Waals surface area contributed by atoms with E-state index in [1.165, 1.54) is 0 Å². The first-order valence-corrected chi connectivity index (χ1v) is 8.10. The van der Waals surface area contributed by atoms with Crippen LogP contribution in [0.2, 0.25) is 0 Å². The standard InChI is InChI=1S/C15H20BrN3O3/c16-11-3-1-4-13(9-11)19-8-6-12(10-19)18-15(22)17-7-2-5-14(20)21/h1,3-4,9,12H,2,5-8,10H2,(H,20,21)(H2,17,18,22). The molecule has 1 aromatic rings. The van der Waals surface area contributed by atoms with Crippen molar-refractivity contribution in [2.45, 2.75) is 25.3 Å². The highest BCUT2D eigenvalue weighted by molar-refractivity contribution is 9.10. The van der Waals surface area contributed by atoms with Crippen LogP contribution in [0.25, 0.3) is 0 Å². The van der Waals surface area contributed by atoms with Crippen molar-refractivity contribution in [3.8, 4) is 0 Å². The van der Waals surface area contributed by atoms with Crippen LogP contribution in [-0.4, -0.2) is 42.8 Å². The molecule has 120 valence electrons. The third-order valence-corrected chi connectivity index (χ3v) is 4.04. The Balaban J connectivity index is 1.72. The van der Waals surface area contributed by atoms with Gasteiger partial charge in [-0.25, -0.2) is 4.79 Å². The maximum absolute atomic E-state index is 11.7. The highest BCUT2D eigenvalue weighted by atomic mass is 79.9. The fourth-order valence-electron chi connectivity index (χ4n) is 2.46. The molecular formula is C15H20BrN3O3. The van der Waals surface area contributed by atoms with Crippen molar-refractivity contribution >= 4 is 33.6 Å². The van der Waals surface area contributed by atoms with Gasteiger partial charge in [0.15, 0.2) is 0 Å². The molecule has 1 saturated heterocycles. The van der Waals surface area contributed by atoms with Crippen LogP contribution >= 0.6 is 15.9 Å². The fraction of sp³-hybridized carbons (Fsp3) is 0.467. The number of benzene rings is 1. The number of carboxylic acid groups (broad SMARTS) is 1. The number of halogens is 1. The molecule has 2 rings (SSSR count). The van der Waals surface area contributed by atoms with Gasteiger partial charge in [-0.1, -0.05) is 22.0 Å². The summed E-state index contributed by atoms with van der Waals surface area (Å²) in [7, 11) is 0. The number of nitrogens with zero attached hydrogens (tertiary/aromatic N) is 1. The zero-order chi connectivity index (χ0) is 15.9. The molecule has 0 spiro atoms. The lowest BCUT2D eigenvalue weighted by atomic mass is 10.2. The van der Waals surface area contributed by atoms with Gasteiger partial charge >= 0.3 is 12.0 Å². The predicted octanol–water partition coefficient (Wildman–Crippen LogP) is 2.19. The molecule has 1 unspecified atom stereocenters. The number of carbonyl (C=O) groups excluding carboxylic acids is 1. The van der Waals surface area contributed by atoms with Crippen molar-refractivity contribution in [1.82, 2.24) is 10.6 Å². The molecule has 1 aliphatic rings. The summed E-state index contributed by atoms with van der Waals surface area (Å²) in [6.07, 6.45) is 1.41. The molecule has 6 nitrogen and oxygen atoms in total. The summed E-state index contributed by atoms with van der Waals surface area (Å²) in [5, 5.41) is 14.1. The number of carboxylic acids is 1. The number of nitrogens with one attached hydrogen (secondary N) is 2. The lowest BCUT2D eigenvalue weighted by Gasteiger charge is -2.19. The molecule has 1 fully saturated rings. The second-order valence-corrected chi connectivity index (χ2v) is 6.22. The van der Waals surface area contributed by atoms with Crippen LogP contribution in [0.3, 0.4) is 0 Å². The predicted molar refractivity (Wildman–Crippen MR) is 88.2 cm³/mol. The van der Waals surface area contributed by atoms with E-state index in [4.69, 9.17) is 5.11 Å². The molecule has 0 saturated carbocycles. The largest absolute Gasteiger partial charge is 0.481 e. The van der Waals surface area contributed by atoms with E-state index in [-0.39, 0.29) is 18.5 Å². The van der Waals surface area contributed by atoms with Gasteiger partial charge in [0.1, 0.15) is 0 Å². The number of anilines is 1. The van der Waals surface area contributed by atoms with Crippen molar-refractivity contribution in [3.63, 3.8) is 0 Å². The van der Waals surface area contributed by atoms with Gasteiger partial charge in [-0.3, -0.25) is 4.79 Å². The van der Waals surface area contributed by atoms with Gasteiger partial charge in [0.05, 0.1) is 0 Å². The van der Waals surface area contributed by atoms with Crippen LogP contribution in [0, 0.1) is 0 Å². The number of carbonyl (C=O) groups is 2. The topological polar surface area (TPSA) is 81.7 Å². The average Bonchev–Trinajstić information content (AvgIpc) is 2.92. The Morgan fingerprint density at radius 3 is 2.95 bits per heavy atom. The maximum Gasteiger partial charge on any atom is 0.315 e. The highest BCUT2D eigenvalue weighted by Crippen LogP contribution is 2.23. The van der Waals surface area contributed by atoms with E-state index in [1.807, 2.05) is 12.1 Å². The van der Waals surface area contributed by atoms with Crippen LogP contribution in [0.15, 0.2) is 28.7 Å². The van der Waals surface area contributed by atoms with Crippen LogP contribution in [0.5, 0.6) is 0 Å². The van der Waals surface area contributed by atoms with E-state index < -0.39 is 5.97 Å². The Bertz CT molecular complexity index is 539. The minimum atomic E-state index is -0.845. The molecule has 0 aliphatic carbocycles. The van der Waals surface area contributed by atoms with Crippen molar-refractivity contribution in [2.75, 3.05) is 24.5 Å². The van der Waals surface area contributed by atoms with Gasteiger partial charge in [0, 0.05) is 42.3 Å². The van der Waals surface area contributed by atoms with Crippen molar-refractivity contribution in [3.05, 3.63) is 28.7 Å². The Morgan fingerprint density at radius 1 is 1.41 bits per heavy atom. The van der Waals surface area contributed by atoms with E-state index in [9.17, 15) is 9.59 Å². The Labute approximate surface area is 138 Å². The van der Waals surface area contributed by atoms with Crippen molar-refractivity contribution in [1.29, 1.82) is 0 Å². The van der Waals surface area contributed by atoms with Gasteiger partial charge in [0.25, 0.3) is 0 Å². The first kappa shape index (κ1) is 16.6. The number of aliphatic carboxylic acids is 1. The molecule has 0 aromatic heterocycles. The molecule has 2 amide bonds. The van der Waals surface area contributed by atoms with Crippen LogP contribution in [0.1, 0.15) is 19.3 Å². The van der Waals surface area contributed by atoms with Crippen molar-refractivity contribution in [2.24, 2.45) is 0 Å². The number of urea groups is 1. The SMILES string of the molecule is O=C(O)CCCNC(=O)NC1CCN(c2cccc(Br)c2)C1. The maximum atomic E-state index is 11.7. The smallest absolute Gasteiger partial charge is 0.315 e. The Morgan fingerprint density at radius 2 is 2.23 bits per heavy atom. The van der Waals surface area contributed by atoms with Crippen LogP contribution in [-0.2, 0) is 4.79 Å². The zero-order valence-corrected chi connectivity index (χ0v) is 13.8. The quantitative estimate of drug-likeness (QED) is 0.671. The molecule has 1 heterocycles. The summed E-state index contributed by atoms with van der Waals surface area (Å²) in [5.41, 5.74) is 1.14. The normalized spacial score (nSPS) is 17.3. The second kappa shape index (κ2) is 8.03. The summed E-state index contributed by atoms with van der Waals surface area (Å²) in [6.45, 7) is 2.06. The number of hydrogen-bond donors (Lipinski definition) is 3. The molecule has 22 heavy (non-hydrogen) atoms. The lowest BCUT2D eigenvalue weighted by Crippen LogP contribution is -2.43. The zero-order valence-electron chi connectivity index (χ0n) is 12.2. The second-order valence-electron chi connectivity index (χ2n) is 5.31. The van der Waals surface area contributed by atoms with Gasteiger partial charge in [-0.15, -0.1) is 0 Å². The molecule has 1 aromatic carbocycles. The van der Waals surface area contributed by atoms with Gasteiger partial charge < -0.3 is 20.6 Å². The average molecular weight is 370 g/mol. The third-order valence-electron chi connectivity index (χ3n) is 3.55. The monoisotopic (exact) mass is 369 g/mol. The molecule has 1 atom stereocenters. The van der Waals surface area contributed by atoms with Crippen LogP contribution < -0.4 is 15.5 Å². The Kier molecular flexibility index (Phi) is 6.06. The van der Waals surface area contributed by atoms with Crippen LogP contribution in [0.4, 0.5) is 10.5 Å². The van der Waals surface area contributed by atoms with Crippen molar-refractivity contribution < 1.29 is 14.7 Å². The molecule has 7 heteroatoms. The Hall–Kier alpha value is -1.76. The third kappa shape index (κ3) is 5.22. The lowest BCUT2D eigenvalue weighted by molar-refractivity contribution is -0.137. The van der Waals surface area contributed by atoms with E-state index in [2.05, 4.69) is 43.6 Å². The van der Waals surface area contributed by atoms with E-state index in [1.54, 1.807) is 0 Å². The molecule has 0 radical (unpaired) electrons. The molecular weight excluding hydrogens is 350 g/mol. The summed E-state index contributed by atoms with van der Waals surface area (Å²) < 4.78 is 1.04. The summed E-state index contributed by atoms with van der Waals surface area (Å²) in [5.74, 6) is -0.845. The van der Waals surface area contributed by atoms with Gasteiger partial charge in [0.2, 0.25) is 0 Å². The van der Waals surface area contributed by atoms with E-state index in [0.29, 0.717) is 13.0 Å². The minimum absolute atomic E-state index is 0.0698. The molecule has 3 N–H and O–H groups in total. The summed E-state index contributed by atoms with van der Waals surface area (Å²) >= 11 is 3.46. The fourth-order valence-corrected chi connectivity index (χ4v) is 2.85. The minimum Gasteiger partial charge on any atom is -0.481 e. The first-order valence-electron chi connectivity index (χ1n) is 7.31. The molecule has 0 bridgehead atoms. The van der Waals surface area contributed by atoms with Gasteiger partial charge in [-0.05, 0) is 31.0 Å². The van der Waals surface area contributed by atoms with Gasteiger partial charge in [-0.2, -0.15) is 0 Å². The van der Waals surface area contributed by atoms with E-state index in [0.717, 1.165) is 29.7 Å². The number of hydrogen-bond acceptors (Lipinski definition) is 3. The number of amides is 2. The van der Waals surface area contributed by atoms with E-state index >= 15 is 0 Å². The summed E-state index contributed by atoms with van der Waals surface area (Å²) in [4.78, 5) is 24.4. The number of rotatable bonds is 6.